The van der Waals surface area contributed by atoms with Crippen molar-refractivity contribution in [3.63, 3.8) is 0 Å². The minimum absolute atomic E-state index is 0.0921. The Hall–Kier alpha value is -3.38. The van der Waals surface area contributed by atoms with E-state index in [0.717, 1.165) is 18.4 Å². The molecule has 0 unspecified atom stereocenters. The Balaban J connectivity index is 1.91. The van der Waals surface area contributed by atoms with Crippen LogP contribution in [0.25, 0.3) is 0 Å². The minimum Gasteiger partial charge on any atom is -0.348 e. The third kappa shape index (κ3) is 6.43. The number of halogens is 3. The highest BCUT2D eigenvalue weighted by molar-refractivity contribution is 7.93. The molecule has 0 aromatic heterocycles. The van der Waals surface area contributed by atoms with Gasteiger partial charge in [0.25, 0.3) is 10.0 Å². The van der Waals surface area contributed by atoms with E-state index in [1.54, 1.807) is 13.0 Å². The van der Waals surface area contributed by atoms with E-state index in [1.807, 2.05) is 0 Å². The van der Waals surface area contributed by atoms with Crippen LogP contribution >= 0.6 is 0 Å². The van der Waals surface area contributed by atoms with Gasteiger partial charge in [-0.1, -0.05) is 36.4 Å². The summed E-state index contributed by atoms with van der Waals surface area (Å²) in [6.45, 7) is 0.817. The Morgan fingerprint density at radius 1 is 0.889 bits per heavy atom. The number of hydrogen-bond donors (Lipinski definition) is 1. The lowest BCUT2D eigenvalue weighted by atomic mass is 10.1. The molecule has 36 heavy (non-hydrogen) atoms. The van der Waals surface area contributed by atoms with E-state index in [4.69, 9.17) is 0 Å². The summed E-state index contributed by atoms with van der Waals surface area (Å²) in [4.78, 5) is 12.8. The summed E-state index contributed by atoms with van der Waals surface area (Å²) in [5, 5.41) is 2.61. The van der Waals surface area contributed by atoms with Gasteiger partial charge in [-0.2, -0.15) is 13.2 Å². The van der Waals surface area contributed by atoms with E-state index in [0.29, 0.717) is 15.9 Å². The molecule has 0 heterocycles. The lowest BCUT2D eigenvalue weighted by molar-refractivity contribution is -0.137. The number of carbonyl (C=O) groups is 1. The highest BCUT2D eigenvalue weighted by Gasteiger charge is 2.33. The van der Waals surface area contributed by atoms with Crippen LogP contribution in [0.15, 0.2) is 88.7 Å². The highest BCUT2D eigenvalue weighted by Crippen LogP contribution is 2.33. The number of alkyl halides is 3. The summed E-state index contributed by atoms with van der Waals surface area (Å²) in [7, 11) is -7.81. The molecular formula is C24H23F3N2O5S2. The smallest absolute Gasteiger partial charge is 0.348 e. The molecule has 0 aliphatic rings. The maximum Gasteiger partial charge on any atom is 0.416 e. The summed E-state index contributed by atoms with van der Waals surface area (Å²) in [5.41, 5.74) is -0.839. The van der Waals surface area contributed by atoms with Crippen molar-refractivity contribution in [2.24, 2.45) is 0 Å². The third-order valence-corrected chi connectivity index (χ3v) is 8.18. The highest BCUT2D eigenvalue weighted by atomic mass is 32.2. The summed E-state index contributed by atoms with van der Waals surface area (Å²) < 4.78 is 90.4. The van der Waals surface area contributed by atoms with Crippen molar-refractivity contribution in [2.75, 3.05) is 17.1 Å². The maximum atomic E-state index is 13.3. The number of amides is 1. The summed E-state index contributed by atoms with van der Waals surface area (Å²) in [6.07, 6.45) is -3.66. The molecule has 1 N–H and O–H groups in total. The van der Waals surface area contributed by atoms with Gasteiger partial charge in [-0.05, 0) is 55.0 Å². The first-order chi connectivity index (χ1) is 16.7. The van der Waals surface area contributed by atoms with Crippen molar-refractivity contribution in [1.82, 2.24) is 5.32 Å². The topological polar surface area (TPSA) is 101 Å². The zero-order chi connectivity index (χ0) is 26.7. The van der Waals surface area contributed by atoms with Crippen molar-refractivity contribution >= 4 is 31.5 Å². The number of sulfone groups is 1. The van der Waals surface area contributed by atoms with E-state index in [9.17, 15) is 34.8 Å². The number of benzene rings is 3. The van der Waals surface area contributed by atoms with E-state index < -0.39 is 50.1 Å². The average Bonchev–Trinajstić information content (AvgIpc) is 2.82. The van der Waals surface area contributed by atoms with Crippen LogP contribution in [-0.4, -0.2) is 35.5 Å². The van der Waals surface area contributed by atoms with Crippen LogP contribution in [0.3, 0.4) is 0 Å². The Bertz CT molecular complexity index is 1440. The van der Waals surface area contributed by atoms with Crippen LogP contribution in [0.2, 0.25) is 0 Å². The molecule has 3 aromatic carbocycles. The number of anilines is 1. The quantitative estimate of drug-likeness (QED) is 0.462. The summed E-state index contributed by atoms with van der Waals surface area (Å²) in [5.74, 6) is -0.772. The predicted molar refractivity (Wildman–Crippen MR) is 129 cm³/mol. The van der Waals surface area contributed by atoms with E-state index in [2.05, 4.69) is 5.32 Å². The zero-order valence-corrected chi connectivity index (χ0v) is 20.9. The molecule has 0 fully saturated rings. The van der Waals surface area contributed by atoms with Crippen LogP contribution in [0.4, 0.5) is 18.9 Å². The minimum atomic E-state index is -4.72. The Morgan fingerprint density at radius 3 is 2.06 bits per heavy atom. The van der Waals surface area contributed by atoms with Crippen molar-refractivity contribution < 1.29 is 34.8 Å². The molecule has 12 heteroatoms. The first kappa shape index (κ1) is 27.2. The molecule has 0 aliphatic carbocycles. The Labute approximate surface area is 207 Å². The van der Waals surface area contributed by atoms with Gasteiger partial charge >= 0.3 is 6.18 Å². The largest absolute Gasteiger partial charge is 0.416 e. The van der Waals surface area contributed by atoms with Gasteiger partial charge in [0, 0.05) is 6.26 Å². The van der Waals surface area contributed by atoms with E-state index in [-0.39, 0.29) is 15.5 Å². The maximum absolute atomic E-state index is 13.3. The van der Waals surface area contributed by atoms with Crippen LogP contribution in [0.1, 0.15) is 24.1 Å². The van der Waals surface area contributed by atoms with Gasteiger partial charge in [-0.3, -0.25) is 9.10 Å². The lowest BCUT2D eigenvalue weighted by Crippen LogP contribution is -2.41. The zero-order valence-electron chi connectivity index (χ0n) is 19.2. The molecule has 1 atom stereocenters. The molecule has 7 nitrogen and oxygen atoms in total. The normalized spacial score (nSPS) is 13.1. The van der Waals surface area contributed by atoms with Gasteiger partial charge in [0.05, 0.1) is 27.1 Å². The second-order valence-electron chi connectivity index (χ2n) is 8.00. The van der Waals surface area contributed by atoms with Crippen molar-refractivity contribution in [1.29, 1.82) is 0 Å². The van der Waals surface area contributed by atoms with E-state index in [1.165, 1.54) is 54.6 Å². The third-order valence-electron chi connectivity index (χ3n) is 5.27. The first-order valence-electron chi connectivity index (χ1n) is 10.5. The summed E-state index contributed by atoms with van der Waals surface area (Å²) >= 11 is 0. The van der Waals surface area contributed by atoms with Crippen LogP contribution < -0.4 is 9.62 Å². The van der Waals surface area contributed by atoms with Gasteiger partial charge in [-0.25, -0.2) is 16.8 Å². The fraction of sp³-hybridized carbons (Fsp3) is 0.208. The standard InChI is InChI=1S/C24H23F3N2O5S2/c1-17(18-11-13-21(14-12-18)35(2,31)32)28-23(30)16-29(36(33,34)22-9-4-3-5-10-22)20-8-6-7-19(15-20)24(25,26)27/h3-15,17H,16H2,1-2H3,(H,28,30)/t17-/m1/s1. The number of nitrogens with one attached hydrogen (secondary N) is 1. The van der Waals surface area contributed by atoms with Crippen molar-refractivity contribution in [2.45, 2.75) is 28.9 Å². The lowest BCUT2D eigenvalue weighted by Gasteiger charge is -2.26. The average molecular weight is 541 g/mol. The Kier molecular flexibility index (Phi) is 7.79. The molecule has 1 amide bonds. The molecule has 3 aromatic rings. The second kappa shape index (κ2) is 10.3. The Morgan fingerprint density at radius 2 is 1.50 bits per heavy atom. The van der Waals surface area contributed by atoms with Gasteiger partial charge < -0.3 is 5.32 Å². The van der Waals surface area contributed by atoms with E-state index >= 15 is 0 Å². The second-order valence-corrected chi connectivity index (χ2v) is 11.9. The van der Waals surface area contributed by atoms with Gasteiger partial charge in [-0.15, -0.1) is 0 Å². The number of hydrogen-bond acceptors (Lipinski definition) is 5. The number of carbonyl (C=O) groups excluding carboxylic acids is 1. The van der Waals surface area contributed by atoms with Crippen LogP contribution in [0, 0.1) is 0 Å². The molecule has 0 saturated heterocycles. The number of nitrogens with zero attached hydrogens (tertiary/aromatic N) is 1. The fourth-order valence-electron chi connectivity index (χ4n) is 3.38. The van der Waals surface area contributed by atoms with Gasteiger partial charge in [0.1, 0.15) is 6.54 Å². The molecule has 0 radical (unpaired) electrons. The first-order valence-corrected chi connectivity index (χ1v) is 13.9. The molecule has 0 bridgehead atoms. The molecule has 0 aliphatic heterocycles. The SMILES string of the molecule is C[C@@H](NC(=O)CN(c1cccc(C(F)(F)F)c1)S(=O)(=O)c1ccccc1)c1ccc(S(C)(=O)=O)cc1. The fourth-order valence-corrected chi connectivity index (χ4v) is 5.44. The van der Waals surface area contributed by atoms with Gasteiger partial charge in [0.15, 0.2) is 9.84 Å². The molecular weight excluding hydrogens is 517 g/mol. The molecule has 3 rings (SSSR count). The van der Waals surface area contributed by atoms with Crippen LogP contribution in [-0.2, 0) is 30.8 Å². The van der Waals surface area contributed by atoms with Crippen LogP contribution in [0.5, 0.6) is 0 Å². The number of rotatable bonds is 8. The van der Waals surface area contributed by atoms with Crippen molar-refractivity contribution in [3.05, 3.63) is 90.0 Å². The molecule has 0 spiro atoms. The summed E-state index contributed by atoms with van der Waals surface area (Å²) in [6, 6.07) is 15.9. The molecule has 0 saturated carbocycles. The van der Waals surface area contributed by atoms with Gasteiger partial charge in [0.2, 0.25) is 5.91 Å². The predicted octanol–water partition coefficient (Wildman–Crippen LogP) is 4.18. The molecule has 192 valence electrons. The monoisotopic (exact) mass is 540 g/mol. The van der Waals surface area contributed by atoms with Crippen molar-refractivity contribution in [3.8, 4) is 0 Å². The number of sulfonamides is 1.